The topological polar surface area (TPSA) is 192 Å². The third kappa shape index (κ3) is 42.7. The second kappa shape index (κ2) is 42.9. The Morgan fingerprint density at radius 1 is 0.590 bits per heavy atom. The molecule has 0 saturated carbocycles. The smallest absolute Gasteiger partial charge is 0.472 e. The highest BCUT2D eigenvalue weighted by Gasteiger charge is 2.28. The minimum Gasteiger partial charge on any atom is -0.480 e. The SMILES string of the molecule is CCCCCCCC/C=C/C/C=C/C=C/C(O)CCCC(=O)O[C@H](COC(=O)CCCCCCCCCCCCCCCCCCCCC)COP(=O)(O)OC[C@H](N)C(=O)O. The van der Waals surface area contributed by atoms with Crippen molar-refractivity contribution in [3.8, 4) is 0 Å². The third-order valence-corrected chi connectivity index (χ3v) is 11.4. The van der Waals surface area contributed by atoms with Gasteiger partial charge in [-0.15, -0.1) is 0 Å². The van der Waals surface area contributed by atoms with Gasteiger partial charge in [-0.05, 0) is 38.5 Å². The Morgan fingerprint density at radius 3 is 1.59 bits per heavy atom. The minimum absolute atomic E-state index is 0.0608. The van der Waals surface area contributed by atoms with E-state index in [9.17, 15) is 28.9 Å². The van der Waals surface area contributed by atoms with Gasteiger partial charge in [0.25, 0.3) is 0 Å². The van der Waals surface area contributed by atoms with Crippen LogP contribution in [0, 0.1) is 0 Å². The number of ether oxygens (including phenoxy) is 2. The maximum atomic E-state index is 12.7. The molecule has 0 heterocycles. The lowest BCUT2D eigenvalue weighted by Gasteiger charge is -2.20. The van der Waals surface area contributed by atoms with Gasteiger partial charge >= 0.3 is 25.7 Å². The molecule has 5 N–H and O–H groups in total. The normalized spacial score (nSPS) is 14.4. The van der Waals surface area contributed by atoms with Crippen LogP contribution in [0.2, 0.25) is 0 Å². The number of carboxylic acid groups (broad SMARTS) is 1. The van der Waals surface area contributed by atoms with Gasteiger partial charge in [-0.3, -0.25) is 23.4 Å². The summed E-state index contributed by atoms with van der Waals surface area (Å²) >= 11 is 0. The highest BCUT2D eigenvalue weighted by atomic mass is 31.2. The fraction of sp³-hybridized carbons (Fsp3) is 0.812. The molecule has 0 aromatic heterocycles. The number of phosphoric ester groups is 1. The van der Waals surface area contributed by atoms with Crippen LogP contribution < -0.4 is 5.73 Å². The molecule has 2 unspecified atom stereocenters. The molecule has 4 atom stereocenters. The van der Waals surface area contributed by atoms with E-state index < -0.39 is 63.8 Å². The first kappa shape index (κ1) is 58.7. The van der Waals surface area contributed by atoms with Crippen molar-refractivity contribution >= 4 is 25.7 Å². The lowest BCUT2D eigenvalue weighted by Crippen LogP contribution is -2.34. The van der Waals surface area contributed by atoms with Crippen molar-refractivity contribution in [3.63, 3.8) is 0 Å². The number of hydrogen-bond acceptors (Lipinski definition) is 10. The van der Waals surface area contributed by atoms with E-state index in [4.69, 9.17) is 24.8 Å². The van der Waals surface area contributed by atoms with Crippen LogP contribution in [0.5, 0.6) is 0 Å². The largest absolute Gasteiger partial charge is 0.480 e. The number of aliphatic hydroxyl groups excluding tert-OH is 1. The van der Waals surface area contributed by atoms with Gasteiger partial charge in [0.15, 0.2) is 6.10 Å². The summed E-state index contributed by atoms with van der Waals surface area (Å²) in [5.74, 6) is -2.59. The first-order valence-electron chi connectivity index (χ1n) is 24.1. The van der Waals surface area contributed by atoms with E-state index in [2.05, 4.69) is 30.5 Å². The Bertz CT molecular complexity index is 1190. The molecule has 12 nitrogen and oxygen atoms in total. The Kier molecular flexibility index (Phi) is 41.3. The molecule has 356 valence electrons. The van der Waals surface area contributed by atoms with Crippen LogP contribution in [-0.2, 0) is 37.5 Å². The van der Waals surface area contributed by atoms with Gasteiger partial charge in [0.05, 0.1) is 19.3 Å². The van der Waals surface area contributed by atoms with Crippen LogP contribution in [0.1, 0.15) is 213 Å². The van der Waals surface area contributed by atoms with Gasteiger partial charge < -0.3 is 30.3 Å². The molecule has 0 amide bonds. The molecule has 61 heavy (non-hydrogen) atoms. The summed E-state index contributed by atoms with van der Waals surface area (Å²) in [6.07, 6.45) is 43.8. The molecule has 0 aliphatic carbocycles. The molecule has 0 aliphatic heterocycles. The van der Waals surface area contributed by atoms with Crippen LogP contribution >= 0.6 is 7.82 Å². The van der Waals surface area contributed by atoms with E-state index in [-0.39, 0.29) is 12.8 Å². The van der Waals surface area contributed by atoms with E-state index in [0.29, 0.717) is 19.3 Å². The number of aliphatic hydroxyl groups is 1. The standard InChI is InChI=1S/C48H88NO11P/c1-3-5-7-9-11-13-15-17-18-19-20-21-22-24-26-28-30-32-34-38-46(51)57-40-44(41-58-61(55,56)59-42-45(49)48(53)54)60-47(52)39-35-37-43(50)36-33-31-29-27-25-23-16-14-12-10-8-6-4-2/h23,25,29,31,33,36,43-45,50H,3-22,24,26-28,30,32,34-35,37-42,49H2,1-2H3,(H,53,54)(H,55,56)/b25-23+,31-29+,36-33+/t43?,44-,45+/m1/s1. The Labute approximate surface area is 370 Å². The second-order valence-electron chi connectivity index (χ2n) is 16.4. The van der Waals surface area contributed by atoms with Crippen molar-refractivity contribution in [3.05, 3.63) is 36.5 Å². The summed E-state index contributed by atoms with van der Waals surface area (Å²) in [7, 11) is -4.77. The predicted octanol–water partition coefficient (Wildman–Crippen LogP) is 12.1. The fourth-order valence-corrected chi connectivity index (χ4v) is 7.44. The number of rotatable bonds is 45. The summed E-state index contributed by atoms with van der Waals surface area (Å²) in [4.78, 5) is 46.1. The van der Waals surface area contributed by atoms with Crippen LogP contribution in [0.3, 0.4) is 0 Å². The van der Waals surface area contributed by atoms with Crippen LogP contribution in [0.15, 0.2) is 36.5 Å². The predicted molar refractivity (Wildman–Crippen MR) is 246 cm³/mol. The zero-order valence-corrected chi connectivity index (χ0v) is 39.3. The summed E-state index contributed by atoms with van der Waals surface area (Å²) in [5.41, 5.74) is 5.33. The number of hydrogen-bond donors (Lipinski definition) is 4. The molecule has 0 aromatic rings. The number of esters is 2. The highest BCUT2D eigenvalue weighted by molar-refractivity contribution is 7.47. The quantitative estimate of drug-likeness (QED) is 0.0149. The van der Waals surface area contributed by atoms with Crippen LogP contribution in [0.4, 0.5) is 0 Å². The molecule has 0 bridgehead atoms. The van der Waals surface area contributed by atoms with E-state index >= 15 is 0 Å². The lowest BCUT2D eigenvalue weighted by atomic mass is 10.0. The van der Waals surface area contributed by atoms with Crippen molar-refractivity contribution in [2.75, 3.05) is 19.8 Å². The van der Waals surface area contributed by atoms with Crippen LogP contribution in [-0.4, -0.2) is 71.1 Å². The van der Waals surface area contributed by atoms with Gasteiger partial charge in [0, 0.05) is 12.8 Å². The first-order valence-corrected chi connectivity index (χ1v) is 25.6. The van der Waals surface area contributed by atoms with Gasteiger partial charge in [0.1, 0.15) is 12.6 Å². The molecular weight excluding hydrogens is 797 g/mol. The molecule has 0 radical (unpaired) electrons. The summed E-state index contributed by atoms with van der Waals surface area (Å²) < 4.78 is 32.6. The molecule has 0 saturated heterocycles. The maximum Gasteiger partial charge on any atom is 0.472 e. The van der Waals surface area contributed by atoms with Gasteiger partial charge in [-0.1, -0.05) is 198 Å². The first-order chi connectivity index (χ1) is 29.5. The molecule has 0 aromatic carbocycles. The summed E-state index contributed by atoms with van der Waals surface area (Å²) in [6, 6.07) is -1.55. The zero-order chi connectivity index (χ0) is 45.1. The number of carbonyl (C=O) groups excluding carboxylic acids is 2. The van der Waals surface area contributed by atoms with E-state index in [1.807, 2.05) is 12.2 Å². The number of allylic oxidation sites excluding steroid dienone is 5. The van der Waals surface area contributed by atoms with Gasteiger partial charge in [-0.2, -0.15) is 0 Å². The Morgan fingerprint density at radius 2 is 1.07 bits per heavy atom. The van der Waals surface area contributed by atoms with Crippen molar-refractivity contribution in [1.29, 1.82) is 0 Å². The number of nitrogens with two attached hydrogens (primary N) is 1. The molecule has 0 aliphatic rings. The van der Waals surface area contributed by atoms with Crippen molar-refractivity contribution in [1.82, 2.24) is 0 Å². The molecule has 13 heteroatoms. The van der Waals surface area contributed by atoms with Gasteiger partial charge in [-0.25, -0.2) is 4.57 Å². The molecule has 0 fully saturated rings. The monoisotopic (exact) mass is 886 g/mol. The summed E-state index contributed by atoms with van der Waals surface area (Å²) in [6.45, 7) is 2.63. The molecule has 0 spiro atoms. The van der Waals surface area contributed by atoms with Crippen LogP contribution in [0.25, 0.3) is 0 Å². The number of unbranched alkanes of at least 4 members (excludes halogenated alkanes) is 24. The lowest BCUT2D eigenvalue weighted by molar-refractivity contribution is -0.161. The Balaban J connectivity index is 4.43. The average Bonchev–Trinajstić information content (AvgIpc) is 3.23. The van der Waals surface area contributed by atoms with Gasteiger partial charge in [0.2, 0.25) is 0 Å². The van der Waals surface area contributed by atoms with Crippen molar-refractivity contribution < 1.29 is 52.6 Å². The number of phosphoric acid groups is 1. The van der Waals surface area contributed by atoms with E-state index in [0.717, 1.165) is 32.1 Å². The minimum atomic E-state index is -4.77. The van der Waals surface area contributed by atoms with Crippen molar-refractivity contribution in [2.24, 2.45) is 5.73 Å². The third-order valence-electron chi connectivity index (χ3n) is 10.5. The second-order valence-corrected chi connectivity index (χ2v) is 17.9. The van der Waals surface area contributed by atoms with E-state index in [1.54, 1.807) is 12.2 Å². The molecular formula is C48H88NO11P. The maximum absolute atomic E-state index is 12.7. The zero-order valence-electron chi connectivity index (χ0n) is 38.4. The Hall–Kier alpha value is -2.34. The van der Waals surface area contributed by atoms with Crippen molar-refractivity contribution in [2.45, 2.75) is 231 Å². The average molecular weight is 886 g/mol. The molecule has 0 rings (SSSR count). The van der Waals surface area contributed by atoms with E-state index in [1.165, 1.54) is 135 Å². The highest BCUT2D eigenvalue weighted by Crippen LogP contribution is 2.43. The fourth-order valence-electron chi connectivity index (χ4n) is 6.66. The number of carboxylic acids is 1. The summed E-state index contributed by atoms with van der Waals surface area (Å²) in [5, 5.41) is 19.2. The number of carbonyl (C=O) groups is 3. The number of aliphatic carboxylic acids is 1.